The van der Waals surface area contributed by atoms with Crippen LogP contribution < -0.4 is 0 Å². The minimum Gasteiger partial charge on any atom is -0.477 e. The number of nitrogens with zero attached hydrogens (tertiary/aromatic N) is 1. The summed E-state index contributed by atoms with van der Waals surface area (Å²) in [6, 6.07) is 7.56. The monoisotopic (exact) mass is 322 g/mol. The van der Waals surface area contributed by atoms with Gasteiger partial charge in [0.25, 0.3) is 0 Å². The summed E-state index contributed by atoms with van der Waals surface area (Å²) in [5.74, 6) is -1.01. The molecule has 1 aromatic carbocycles. The average Bonchev–Trinajstić information content (AvgIpc) is 2.93. The number of halogens is 1. The van der Waals surface area contributed by atoms with Gasteiger partial charge in [-0.3, -0.25) is 5.10 Å². The van der Waals surface area contributed by atoms with Crippen molar-refractivity contribution in [3.8, 4) is 11.3 Å². The van der Waals surface area contributed by atoms with Crippen LogP contribution in [0.25, 0.3) is 21.3 Å². The molecule has 0 aliphatic heterocycles. The van der Waals surface area contributed by atoms with Crippen LogP contribution in [0.1, 0.15) is 10.5 Å². The standard InChI is InChI=1S/C12H7BrN2O2S/c13-6-1-2-11-7(3-6)8(5-18-11)9-4-10(12(16)17)15-14-9/h1-5H,(H,14,15)(H,16,17). The van der Waals surface area contributed by atoms with Crippen molar-refractivity contribution >= 4 is 43.3 Å². The first-order valence-electron chi connectivity index (χ1n) is 5.11. The van der Waals surface area contributed by atoms with Gasteiger partial charge in [-0.2, -0.15) is 5.10 Å². The molecule has 0 aliphatic rings. The second kappa shape index (κ2) is 4.22. The van der Waals surface area contributed by atoms with Crippen molar-refractivity contribution in [1.29, 1.82) is 0 Å². The summed E-state index contributed by atoms with van der Waals surface area (Å²) in [6.07, 6.45) is 0. The number of carboxylic acids is 1. The first-order valence-corrected chi connectivity index (χ1v) is 6.78. The zero-order valence-electron chi connectivity index (χ0n) is 8.98. The van der Waals surface area contributed by atoms with Gasteiger partial charge in [-0.05, 0) is 24.3 Å². The molecule has 0 bridgehead atoms. The van der Waals surface area contributed by atoms with Gasteiger partial charge >= 0.3 is 5.97 Å². The summed E-state index contributed by atoms with van der Waals surface area (Å²) in [7, 11) is 0. The molecular weight excluding hydrogens is 316 g/mol. The van der Waals surface area contributed by atoms with Crippen LogP contribution in [0.15, 0.2) is 34.1 Å². The molecule has 18 heavy (non-hydrogen) atoms. The molecule has 2 N–H and O–H groups in total. The number of aromatic carboxylic acids is 1. The fourth-order valence-corrected chi connectivity index (χ4v) is 3.07. The number of carbonyl (C=O) groups is 1. The summed E-state index contributed by atoms with van der Waals surface area (Å²) in [5.41, 5.74) is 1.69. The maximum Gasteiger partial charge on any atom is 0.353 e. The lowest BCUT2D eigenvalue weighted by Gasteiger charge is -1.95. The molecule has 0 saturated carbocycles. The van der Waals surface area contributed by atoms with E-state index >= 15 is 0 Å². The lowest BCUT2D eigenvalue weighted by atomic mass is 10.1. The van der Waals surface area contributed by atoms with Gasteiger partial charge < -0.3 is 5.11 Å². The molecule has 0 radical (unpaired) electrons. The Kier molecular flexibility index (Phi) is 2.68. The summed E-state index contributed by atoms with van der Waals surface area (Å²) in [5, 5.41) is 18.5. The molecular formula is C12H7BrN2O2S. The third-order valence-electron chi connectivity index (χ3n) is 2.62. The van der Waals surface area contributed by atoms with E-state index in [1.807, 2.05) is 23.6 Å². The molecule has 0 atom stereocenters. The molecule has 0 fully saturated rings. The summed E-state index contributed by atoms with van der Waals surface area (Å²) < 4.78 is 2.14. The van der Waals surface area contributed by atoms with Crippen molar-refractivity contribution < 1.29 is 9.90 Å². The van der Waals surface area contributed by atoms with Gasteiger partial charge in [0.15, 0.2) is 0 Å². The number of nitrogens with one attached hydrogen (secondary N) is 1. The van der Waals surface area contributed by atoms with Crippen LogP contribution in [0, 0.1) is 0 Å². The average molecular weight is 323 g/mol. The van der Waals surface area contributed by atoms with Crippen LogP contribution in [-0.2, 0) is 0 Å². The number of H-pyrrole nitrogens is 1. The molecule has 0 saturated heterocycles. The molecule has 4 nitrogen and oxygen atoms in total. The Morgan fingerprint density at radius 3 is 2.94 bits per heavy atom. The van der Waals surface area contributed by atoms with Crippen molar-refractivity contribution in [3.05, 3.63) is 39.8 Å². The minimum absolute atomic E-state index is 0.0966. The number of rotatable bonds is 2. The largest absolute Gasteiger partial charge is 0.477 e. The van der Waals surface area contributed by atoms with E-state index in [0.717, 1.165) is 20.1 Å². The molecule has 90 valence electrons. The Morgan fingerprint density at radius 2 is 2.22 bits per heavy atom. The number of aromatic nitrogens is 2. The Balaban J connectivity index is 2.18. The minimum atomic E-state index is -1.01. The molecule has 6 heteroatoms. The topological polar surface area (TPSA) is 66.0 Å². The van der Waals surface area contributed by atoms with E-state index in [1.54, 1.807) is 17.4 Å². The highest BCUT2D eigenvalue weighted by Crippen LogP contribution is 2.34. The maximum absolute atomic E-state index is 10.8. The van der Waals surface area contributed by atoms with Crippen molar-refractivity contribution in [1.82, 2.24) is 10.2 Å². The third kappa shape index (κ3) is 1.83. The van der Waals surface area contributed by atoms with Crippen LogP contribution in [0.4, 0.5) is 0 Å². The number of carboxylic acid groups (broad SMARTS) is 1. The Bertz CT molecular complexity index is 747. The molecule has 2 heterocycles. The predicted molar refractivity (Wildman–Crippen MR) is 74.1 cm³/mol. The maximum atomic E-state index is 10.8. The number of hydrogen-bond donors (Lipinski definition) is 2. The Morgan fingerprint density at radius 1 is 1.39 bits per heavy atom. The van der Waals surface area contributed by atoms with E-state index in [-0.39, 0.29) is 5.69 Å². The third-order valence-corrected chi connectivity index (χ3v) is 4.08. The first-order chi connectivity index (χ1) is 8.65. The van der Waals surface area contributed by atoms with Gasteiger partial charge in [0.05, 0.1) is 5.69 Å². The lowest BCUT2D eigenvalue weighted by molar-refractivity contribution is 0.0690. The van der Waals surface area contributed by atoms with Crippen molar-refractivity contribution in [2.45, 2.75) is 0 Å². The van der Waals surface area contributed by atoms with Crippen LogP contribution in [0.3, 0.4) is 0 Å². The summed E-state index contributed by atoms with van der Waals surface area (Å²) >= 11 is 5.05. The van der Waals surface area contributed by atoms with Gasteiger partial charge in [-0.1, -0.05) is 15.9 Å². The quantitative estimate of drug-likeness (QED) is 0.755. The van der Waals surface area contributed by atoms with E-state index in [1.165, 1.54) is 0 Å². The normalized spacial score (nSPS) is 10.9. The van der Waals surface area contributed by atoms with E-state index < -0.39 is 5.97 Å². The molecule has 2 aromatic heterocycles. The number of thiophene rings is 1. The molecule has 0 aliphatic carbocycles. The summed E-state index contributed by atoms with van der Waals surface area (Å²) in [4.78, 5) is 10.8. The van der Waals surface area contributed by atoms with Gasteiger partial charge in [0, 0.05) is 25.5 Å². The van der Waals surface area contributed by atoms with E-state index in [4.69, 9.17) is 5.11 Å². The van der Waals surface area contributed by atoms with Crippen LogP contribution in [0.2, 0.25) is 0 Å². The Hall–Kier alpha value is -1.66. The molecule has 0 unspecified atom stereocenters. The zero-order chi connectivity index (χ0) is 12.7. The highest BCUT2D eigenvalue weighted by molar-refractivity contribution is 9.10. The summed E-state index contributed by atoms with van der Waals surface area (Å²) in [6.45, 7) is 0. The fraction of sp³-hybridized carbons (Fsp3) is 0. The molecule has 0 spiro atoms. The van der Waals surface area contributed by atoms with Crippen molar-refractivity contribution in [2.75, 3.05) is 0 Å². The zero-order valence-corrected chi connectivity index (χ0v) is 11.4. The fourth-order valence-electron chi connectivity index (χ4n) is 1.77. The lowest BCUT2D eigenvalue weighted by Crippen LogP contribution is -1.95. The molecule has 3 aromatic rings. The van der Waals surface area contributed by atoms with E-state index in [2.05, 4.69) is 26.1 Å². The van der Waals surface area contributed by atoms with Gasteiger partial charge in [-0.15, -0.1) is 11.3 Å². The van der Waals surface area contributed by atoms with Crippen LogP contribution in [0.5, 0.6) is 0 Å². The Labute approximate surface area is 114 Å². The van der Waals surface area contributed by atoms with Crippen LogP contribution in [-0.4, -0.2) is 21.3 Å². The highest BCUT2D eigenvalue weighted by Gasteiger charge is 2.13. The smallest absolute Gasteiger partial charge is 0.353 e. The predicted octanol–water partition coefficient (Wildman–Crippen LogP) is 3.75. The number of aromatic amines is 1. The number of benzene rings is 1. The van der Waals surface area contributed by atoms with Crippen LogP contribution >= 0.6 is 27.3 Å². The van der Waals surface area contributed by atoms with E-state index in [9.17, 15) is 4.79 Å². The number of hydrogen-bond acceptors (Lipinski definition) is 3. The van der Waals surface area contributed by atoms with Crippen molar-refractivity contribution in [3.63, 3.8) is 0 Å². The molecule has 0 amide bonds. The van der Waals surface area contributed by atoms with Gasteiger partial charge in [-0.25, -0.2) is 4.79 Å². The van der Waals surface area contributed by atoms with Gasteiger partial charge in [0.2, 0.25) is 0 Å². The second-order valence-corrected chi connectivity index (χ2v) is 5.59. The highest BCUT2D eigenvalue weighted by atomic mass is 79.9. The second-order valence-electron chi connectivity index (χ2n) is 3.76. The van der Waals surface area contributed by atoms with Crippen molar-refractivity contribution in [2.24, 2.45) is 0 Å². The SMILES string of the molecule is O=C(O)c1cc(-c2csc3ccc(Br)cc23)n[nH]1. The van der Waals surface area contributed by atoms with E-state index in [0.29, 0.717) is 5.69 Å². The first kappa shape index (κ1) is 11.4. The van der Waals surface area contributed by atoms with Gasteiger partial charge in [0.1, 0.15) is 5.69 Å². The number of fused-ring (bicyclic) bond motifs is 1. The molecule has 3 rings (SSSR count).